The van der Waals surface area contributed by atoms with Gasteiger partial charge in [-0.1, -0.05) is 38.0 Å². The summed E-state index contributed by atoms with van der Waals surface area (Å²) in [5.41, 5.74) is -0.0963. The number of nitrogens with zero attached hydrogens (tertiary/aromatic N) is 5. The molecule has 0 atom stereocenters. The van der Waals surface area contributed by atoms with E-state index in [0.717, 1.165) is 43.0 Å². The van der Waals surface area contributed by atoms with Gasteiger partial charge in [0.05, 0.1) is 21.4 Å². The molecule has 0 fully saturated rings. The van der Waals surface area contributed by atoms with E-state index in [4.69, 9.17) is 0 Å². The quantitative estimate of drug-likeness (QED) is 0.223. The van der Waals surface area contributed by atoms with Crippen LogP contribution in [-0.2, 0) is 6.54 Å². The molecule has 3 aromatic rings. The number of aryl methyl sites for hydroxylation is 1. The molecule has 0 aliphatic carbocycles. The summed E-state index contributed by atoms with van der Waals surface area (Å²) in [6.07, 6.45) is 2.93. The van der Waals surface area contributed by atoms with Gasteiger partial charge in [-0.3, -0.25) is 20.2 Å². The van der Waals surface area contributed by atoms with Crippen LogP contribution in [0.4, 0.5) is 22.7 Å². The van der Waals surface area contributed by atoms with E-state index in [0.29, 0.717) is 11.9 Å². The van der Waals surface area contributed by atoms with E-state index in [1.54, 1.807) is 16.7 Å². The summed E-state index contributed by atoms with van der Waals surface area (Å²) >= 11 is 0. The normalized spacial score (nSPS) is 11.3. The van der Waals surface area contributed by atoms with E-state index in [1.165, 1.54) is 0 Å². The minimum absolute atomic E-state index is 0.0735. The predicted octanol–water partition coefficient (Wildman–Crippen LogP) is 5.77. The number of unbranched alkanes of at least 4 members (excludes halogenated alkanes) is 2. The first-order valence-electron chi connectivity index (χ1n) is 9.08. The van der Waals surface area contributed by atoms with Crippen molar-refractivity contribution in [2.24, 2.45) is 10.2 Å². The molecule has 0 bridgehead atoms. The van der Waals surface area contributed by atoms with E-state index < -0.39 is 21.2 Å². The molecule has 0 spiro atoms. The number of hydrogen-bond donors (Lipinski definition) is 1. The third-order valence-electron chi connectivity index (χ3n) is 4.53. The molecule has 150 valence electrons. The first kappa shape index (κ1) is 19.9. The second-order valence-corrected chi connectivity index (χ2v) is 6.44. The van der Waals surface area contributed by atoms with Gasteiger partial charge in [-0.25, -0.2) is 0 Å². The summed E-state index contributed by atoms with van der Waals surface area (Å²) in [6, 6.07) is 10.4. The Hall–Kier alpha value is -3.82. The highest BCUT2D eigenvalue weighted by atomic mass is 16.6. The van der Waals surface area contributed by atoms with Crippen LogP contribution in [0.3, 0.4) is 0 Å². The van der Waals surface area contributed by atoms with Gasteiger partial charge in [-0.15, -0.1) is 10.2 Å². The van der Waals surface area contributed by atoms with Crippen molar-refractivity contribution >= 4 is 33.7 Å². The number of non-ortho nitro benzene ring substituents is 1. The van der Waals surface area contributed by atoms with E-state index in [-0.39, 0.29) is 17.3 Å². The topological polar surface area (TPSA) is 136 Å². The number of rotatable bonds is 8. The zero-order chi connectivity index (χ0) is 21.0. The Bertz CT molecular complexity index is 1110. The molecule has 0 radical (unpaired) electrons. The van der Waals surface area contributed by atoms with Crippen molar-refractivity contribution in [1.82, 2.24) is 4.57 Å². The zero-order valence-electron chi connectivity index (χ0n) is 15.7. The maximum atomic E-state index is 11.3. The number of benzene rings is 2. The summed E-state index contributed by atoms with van der Waals surface area (Å²) < 4.78 is 1.74. The third-order valence-corrected chi connectivity index (χ3v) is 4.53. The van der Waals surface area contributed by atoms with Crippen LogP contribution in [-0.4, -0.2) is 19.5 Å². The van der Waals surface area contributed by atoms with Crippen molar-refractivity contribution < 1.29 is 15.0 Å². The SMILES string of the molecule is CCCCCn1c(O)c(N=Nc2ccc([N+](=O)[O-])cc2[N+](=O)[O-])c2ccccc21. The molecule has 0 saturated heterocycles. The van der Waals surface area contributed by atoms with Gasteiger partial charge in [-0.2, -0.15) is 0 Å². The maximum absolute atomic E-state index is 11.3. The second-order valence-electron chi connectivity index (χ2n) is 6.44. The van der Waals surface area contributed by atoms with E-state index >= 15 is 0 Å². The smallest absolute Gasteiger partial charge is 0.303 e. The summed E-state index contributed by atoms with van der Waals surface area (Å²) in [5, 5.41) is 41.4. The molecule has 0 unspecified atom stereocenters. The Morgan fingerprint density at radius 2 is 1.79 bits per heavy atom. The Labute approximate surface area is 165 Å². The molecule has 10 nitrogen and oxygen atoms in total. The molecule has 1 N–H and O–H groups in total. The molecule has 0 aliphatic rings. The summed E-state index contributed by atoms with van der Waals surface area (Å²) in [5.74, 6) is -0.0735. The lowest BCUT2D eigenvalue weighted by molar-refractivity contribution is -0.393. The van der Waals surface area contributed by atoms with Crippen LogP contribution in [0, 0.1) is 20.2 Å². The molecular weight excluding hydrogens is 378 g/mol. The third kappa shape index (κ3) is 4.05. The molecular formula is C19H19N5O5. The minimum atomic E-state index is -0.755. The van der Waals surface area contributed by atoms with Crippen LogP contribution >= 0.6 is 0 Å². The molecule has 3 rings (SSSR count). The fourth-order valence-electron chi connectivity index (χ4n) is 3.08. The number of nitro groups is 2. The van der Waals surface area contributed by atoms with Crippen LogP contribution in [0.1, 0.15) is 26.2 Å². The van der Waals surface area contributed by atoms with Gasteiger partial charge >= 0.3 is 5.69 Å². The summed E-state index contributed by atoms with van der Waals surface area (Å²) in [6.45, 7) is 2.69. The second kappa shape index (κ2) is 8.46. The van der Waals surface area contributed by atoms with Gasteiger partial charge in [0.25, 0.3) is 5.69 Å². The first-order valence-corrected chi connectivity index (χ1v) is 9.08. The summed E-state index contributed by atoms with van der Waals surface area (Å²) in [7, 11) is 0. The maximum Gasteiger partial charge on any atom is 0.303 e. The highest BCUT2D eigenvalue weighted by Gasteiger charge is 2.21. The Morgan fingerprint density at radius 1 is 1.03 bits per heavy atom. The zero-order valence-corrected chi connectivity index (χ0v) is 15.7. The minimum Gasteiger partial charge on any atom is -0.493 e. The molecule has 0 aliphatic heterocycles. The van der Waals surface area contributed by atoms with Gasteiger partial charge < -0.3 is 9.67 Å². The molecule has 2 aromatic carbocycles. The van der Waals surface area contributed by atoms with Crippen LogP contribution in [0.2, 0.25) is 0 Å². The summed E-state index contributed by atoms with van der Waals surface area (Å²) in [4.78, 5) is 20.7. The molecule has 1 aromatic heterocycles. The molecule has 29 heavy (non-hydrogen) atoms. The first-order chi connectivity index (χ1) is 13.9. The molecule has 0 saturated carbocycles. The predicted molar refractivity (Wildman–Crippen MR) is 107 cm³/mol. The van der Waals surface area contributed by atoms with Crippen LogP contribution in [0.15, 0.2) is 52.7 Å². The van der Waals surface area contributed by atoms with Crippen LogP contribution in [0.25, 0.3) is 10.9 Å². The van der Waals surface area contributed by atoms with Crippen molar-refractivity contribution in [3.05, 3.63) is 62.7 Å². The number of fused-ring (bicyclic) bond motifs is 1. The lowest BCUT2D eigenvalue weighted by Crippen LogP contribution is -1.96. The highest BCUT2D eigenvalue weighted by molar-refractivity contribution is 5.95. The number of nitro benzene ring substituents is 2. The fraction of sp³-hybridized carbons (Fsp3) is 0.263. The van der Waals surface area contributed by atoms with Crippen molar-refractivity contribution in [3.63, 3.8) is 0 Å². The van der Waals surface area contributed by atoms with Gasteiger partial charge in [0, 0.05) is 18.0 Å². The van der Waals surface area contributed by atoms with Crippen molar-refractivity contribution in [2.45, 2.75) is 32.7 Å². The number of hydrogen-bond acceptors (Lipinski definition) is 7. The monoisotopic (exact) mass is 397 g/mol. The number of aromatic nitrogens is 1. The Kier molecular flexibility index (Phi) is 5.82. The fourth-order valence-corrected chi connectivity index (χ4v) is 3.08. The average molecular weight is 397 g/mol. The number of aromatic hydroxyl groups is 1. The van der Waals surface area contributed by atoms with E-state index in [1.807, 2.05) is 12.1 Å². The van der Waals surface area contributed by atoms with E-state index in [9.17, 15) is 25.3 Å². The van der Waals surface area contributed by atoms with Gasteiger partial charge in [0.15, 0.2) is 11.4 Å². The lowest BCUT2D eigenvalue weighted by Gasteiger charge is -2.05. The molecule has 1 heterocycles. The number of azo groups is 1. The highest BCUT2D eigenvalue weighted by Crippen LogP contribution is 2.40. The average Bonchev–Trinajstić information content (AvgIpc) is 2.97. The Morgan fingerprint density at radius 3 is 2.48 bits per heavy atom. The van der Waals surface area contributed by atoms with Crippen LogP contribution in [0.5, 0.6) is 5.88 Å². The van der Waals surface area contributed by atoms with Gasteiger partial charge in [-0.05, 0) is 18.6 Å². The lowest BCUT2D eigenvalue weighted by atomic mass is 10.2. The largest absolute Gasteiger partial charge is 0.493 e. The molecule has 10 heteroatoms. The number of para-hydroxylation sites is 1. The van der Waals surface area contributed by atoms with Crippen molar-refractivity contribution in [3.8, 4) is 5.88 Å². The standard InChI is InChI=1S/C19H19N5O5/c1-2-3-6-11-22-16-8-5-4-7-14(16)18(19(22)25)21-20-15-10-9-13(23(26)27)12-17(15)24(28)29/h4-5,7-10,12,25H,2-3,6,11H2,1H3. The van der Waals surface area contributed by atoms with Crippen molar-refractivity contribution in [2.75, 3.05) is 0 Å². The molecule has 0 amide bonds. The van der Waals surface area contributed by atoms with Gasteiger partial charge in [0.1, 0.15) is 0 Å². The van der Waals surface area contributed by atoms with E-state index in [2.05, 4.69) is 17.2 Å². The van der Waals surface area contributed by atoms with Crippen molar-refractivity contribution in [1.29, 1.82) is 0 Å². The van der Waals surface area contributed by atoms with Crippen LogP contribution < -0.4 is 0 Å². The van der Waals surface area contributed by atoms with Gasteiger partial charge in [0.2, 0.25) is 5.88 Å². The Balaban J connectivity index is 2.04.